The zero-order valence-electron chi connectivity index (χ0n) is 21.9. The van der Waals surface area contributed by atoms with Crippen molar-refractivity contribution in [3.05, 3.63) is 127 Å². The molecule has 10 rings (SSSR count). The topological polar surface area (TPSA) is 48.0 Å². The Labute approximate surface area is 234 Å². The third kappa shape index (κ3) is 2.68. The molecule has 5 aromatic heterocycles. The lowest BCUT2D eigenvalue weighted by Gasteiger charge is -2.11. The predicted molar refractivity (Wildman–Crippen MR) is 166 cm³/mol. The smallest absolute Gasteiger partial charge is 0.147 e. The van der Waals surface area contributed by atoms with Crippen LogP contribution in [-0.2, 0) is 6.42 Å². The fourth-order valence-corrected chi connectivity index (χ4v) is 7.16. The lowest BCUT2D eigenvalue weighted by atomic mass is 9.99. The van der Waals surface area contributed by atoms with E-state index in [1.54, 1.807) is 0 Å². The third-order valence-corrected chi connectivity index (χ3v) is 8.85. The van der Waals surface area contributed by atoms with Crippen molar-refractivity contribution in [3.63, 3.8) is 0 Å². The second-order valence-corrected chi connectivity index (χ2v) is 10.9. The molecule has 0 saturated carbocycles. The molecule has 5 nitrogen and oxygen atoms in total. The highest BCUT2D eigenvalue weighted by Gasteiger charge is 2.25. The summed E-state index contributed by atoms with van der Waals surface area (Å²) in [5.74, 6) is 0. The number of para-hydroxylation sites is 1. The Morgan fingerprint density at radius 2 is 1.51 bits per heavy atom. The molecule has 4 aromatic carbocycles. The van der Waals surface area contributed by atoms with E-state index in [0.717, 1.165) is 50.6 Å². The average Bonchev–Trinajstić information content (AvgIpc) is 3.70. The molecule has 190 valence electrons. The van der Waals surface area contributed by atoms with E-state index >= 15 is 0 Å². The van der Waals surface area contributed by atoms with Gasteiger partial charge < -0.3 is 4.57 Å². The summed E-state index contributed by atoms with van der Waals surface area (Å²) in [6.07, 6.45) is 6.46. The maximum atomic E-state index is 5.10. The Balaban J connectivity index is 1.45. The fourth-order valence-electron chi connectivity index (χ4n) is 7.16. The van der Waals surface area contributed by atoms with Crippen molar-refractivity contribution in [3.8, 4) is 16.8 Å². The number of hydrogen-bond donors (Lipinski definition) is 0. The lowest BCUT2D eigenvalue weighted by molar-refractivity contribution is 1.18. The first kappa shape index (κ1) is 21.3. The van der Waals surface area contributed by atoms with Gasteiger partial charge in [0.1, 0.15) is 16.8 Å². The van der Waals surface area contributed by atoms with Crippen LogP contribution in [0.5, 0.6) is 0 Å². The van der Waals surface area contributed by atoms with Crippen molar-refractivity contribution in [2.45, 2.75) is 6.42 Å². The quantitative estimate of drug-likeness (QED) is 0.204. The monoisotopic (exact) mass is 523 g/mol. The van der Waals surface area contributed by atoms with Gasteiger partial charge in [0.2, 0.25) is 0 Å². The molecule has 5 heterocycles. The average molecular weight is 524 g/mol. The van der Waals surface area contributed by atoms with Gasteiger partial charge in [0, 0.05) is 39.6 Å². The van der Waals surface area contributed by atoms with E-state index in [1.807, 2.05) is 30.7 Å². The number of nitrogens with zero attached hydrogens (tertiary/aromatic N) is 5. The second kappa shape index (κ2) is 7.55. The van der Waals surface area contributed by atoms with Crippen LogP contribution in [0.25, 0.3) is 77.1 Å². The van der Waals surface area contributed by atoms with Crippen molar-refractivity contribution in [1.29, 1.82) is 0 Å². The summed E-state index contributed by atoms with van der Waals surface area (Å²) in [6.45, 7) is 0. The van der Waals surface area contributed by atoms with Gasteiger partial charge in [-0.3, -0.25) is 9.38 Å². The lowest BCUT2D eigenvalue weighted by Crippen LogP contribution is -1.96. The van der Waals surface area contributed by atoms with Crippen molar-refractivity contribution >= 4 is 60.3 Å². The van der Waals surface area contributed by atoms with Crippen molar-refractivity contribution in [2.75, 3.05) is 0 Å². The number of hydrogen-bond acceptors (Lipinski definition) is 3. The van der Waals surface area contributed by atoms with Crippen LogP contribution in [0.3, 0.4) is 0 Å². The fraction of sp³-hybridized carbons (Fsp3) is 0.0278. The number of pyridine rings is 3. The molecule has 0 amide bonds. The van der Waals surface area contributed by atoms with Gasteiger partial charge in [-0.05, 0) is 82.6 Å². The molecule has 0 aliphatic heterocycles. The van der Waals surface area contributed by atoms with Crippen LogP contribution in [0, 0.1) is 0 Å². The molecule has 0 N–H and O–H groups in total. The summed E-state index contributed by atoms with van der Waals surface area (Å²) in [7, 11) is 0. The van der Waals surface area contributed by atoms with E-state index in [2.05, 4.69) is 98.9 Å². The standard InChI is InChI=1S/C36H21N5/c1-2-8-22(9-3-1)40-32-13-12-24-23-10-5-4-7-21(23)17-27(24)34(32)29-18-28-26(19-33(29)40)25-11-6-15-38-35(25)41-31-14-16-37-20-30(31)39-36(28)41/h1-16,18-20H,17H2. The Hall–Kier alpha value is -5.55. The molecule has 0 spiro atoms. The molecule has 5 heteroatoms. The molecule has 0 atom stereocenters. The van der Waals surface area contributed by atoms with E-state index in [-0.39, 0.29) is 0 Å². The first-order valence-electron chi connectivity index (χ1n) is 13.9. The largest absolute Gasteiger partial charge is 0.309 e. The number of imidazole rings is 1. The zero-order valence-corrected chi connectivity index (χ0v) is 21.9. The molecule has 1 aliphatic rings. The van der Waals surface area contributed by atoms with Crippen LogP contribution in [0.2, 0.25) is 0 Å². The van der Waals surface area contributed by atoms with E-state index < -0.39 is 0 Å². The van der Waals surface area contributed by atoms with E-state index in [1.165, 1.54) is 44.1 Å². The Kier molecular flexibility index (Phi) is 3.92. The maximum Gasteiger partial charge on any atom is 0.147 e. The molecule has 41 heavy (non-hydrogen) atoms. The highest BCUT2D eigenvalue weighted by molar-refractivity contribution is 6.22. The molecule has 9 aromatic rings. The SMILES string of the molecule is c1ccc(-n2c3cc4c5cccnc5n5c6ccncc6nc5c4cc3c3c4c(ccc32)-c2ccccc2C4)cc1. The van der Waals surface area contributed by atoms with Gasteiger partial charge in [-0.15, -0.1) is 0 Å². The second-order valence-electron chi connectivity index (χ2n) is 10.9. The first-order chi connectivity index (χ1) is 20.3. The predicted octanol–water partition coefficient (Wildman–Crippen LogP) is 8.25. The third-order valence-electron chi connectivity index (χ3n) is 8.85. The van der Waals surface area contributed by atoms with E-state index in [9.17, 15) is 0 Å². The minimum absolute atomic E-state index is 0.870. The molecule has 0 fully saturated rings. The molecular weight excluding hydrogens is 502 g/mol. The molecule has 0 unspecified atom stereocenters. The molecular formula is C36H21N5. The van der Waals surface area contributed by atoms with Crippen LogP contribution in [0.15, 0.2) is 116 Å². The minimum Gasteiger partial charge on any atom is -0.309 e. The Morgan fingerprint density at radius 1 is 0.610 bits per heavy atom. The normalized spacial score (nSPS) is 12.8. The van der Waals surface area contributed by atoms with Gasteiger partial charge in [0.25, 0.3) is 0 Å². The Morgan fingerprint density at radius 3 is 2.46 bits per heavy atom. The summed E-state index contributed by atoms with van der Waals surface area (Å²) in [4.78, 5) is 14.3. The molecule has 1 aliphatic carbocycles. The first-order valence-corrected chi connectivity index (χ1v) is 13.9. The maximum absolute atomic E-state index is 5.10. The van der Waals surface area contributed by atoms with Crippen molar-refractivity contribution in [1.82, 2.24) is 23.9 Å². The summed E-state index contributed by atoms with van der Waals surface area (Å²) in [5, 5.41) is 5.94. The number of fused-ring (bicyclic) bond motifs is 15. The summed E-state index contributed by atoms with van der Waals surface area (Å²) in [5.41, 5.74) is 12.8. The van der Waals surface area contributed by atoms with Crippen LogP contribution >= 0.6 is 0 Å². The van der Waals surface area contributed by atoms with Gasteiger partial charge >= 0.3 is 0 Å². The van der Waals surface area contributed by atoms with Gasteiger partial charge in [0.15, 0.2) is 0 Å². The Bertz CT molecular complexity index is 2550. The van der Waals surface area contributed by atoms with Crippen molar-refractivity contribution < 1.29 is 0 Å². The van der Waals surface area contributed by atoms with Crippen LogP contribution in [0.1, 0.15) is 11.1 Å². The van der Waals surface area contributed by atoms with Gasteiger partial charge in [-0.2, -0.15) is 0 Å². The molecule has 0 radical (unpaired) electrons. The number of aromatic nitrogens is 5. The van der Waals surface area contributed by atoms with Crippen LogP contribution < -0.4 is 0 Å². The zero-order chi connectivity index (χ0) is 26.7. The molecule has 0 bridgehead atoms. The van der Waals surface area contributed by atoms with Gasteiger partial charge in [-0.1, -0.05) is 48.5 Å². The van der Waals surface area contributed by atoms with Crippen LogP contribution in [0.4, 0.5) is 0 Å². The highest BCUT2D eigenvalue weighted by atomic mass is 15.1. The van der Waals surface area contributed by atoms with Crippen molar-refractivity contribution in [2.24, 2.45) is 0 Å². The summed E-state index contributed by atoms with van der Waals surface area (Å²) < 4.78 is 4.61. The van der Waals surface area contributed by atoms with Crippen LogP contribution in [-0.4, -0.2) is 23.9 Å². The highest BCUT2D eigenvalue weighted by Crippen LogP contribution is 2.46. The van der Waals surface area contributed by atoms with E-state index in [0.29, 0.717) is 0 Å². The summed E-state index contributed by atoms with van der Waals surface area (Å²) in [6, 6.07) is 35.1. The van der Waals surface area contributed by atoms with E-state index in [4.69, 9.17) is 9.97 Å². The summed E-state index contributed by atoms with van der Waals surface area (Å²) >= 11 is 0. The number of rotatable bonds is 1. The van der Waals surface area contributed by atoms with Gasteiger partial charge in [0.05, 0.1) is 22.7 Å². The van der Waals surface area contributed by atoms with Gasteiger partial charge in [-0.25, -0.2) is 9.97 Å². The number of benzene rings is 4. The molecule has 0 saturated heterocycles. The minimum atomic E-state index is 0.870.